The Bertz CT molecular complexity index is 809. The first-order chi connectivity index (χ1) is 11.3. The van der Waals surface area contributed by atoms with E-state index < -0.39 is 0 Å². The van der Waals surface area contributed by atoms with E-state index >= 15 is 0 Å². The maximum Gasteiger partial charge on any atom is 0.231 e. The molecule has 3 aromatic heterocycles. The minimum Gasteiger partial charge on any atom is -0.339 e. The highest BCUT2D eigenvalue weighted by Gasteiger charge is 2.44. The van der Waals surface area contributed by atoms with Gasteiger partial charge < -0.3 is 4.52 Å². The second kappa shape index (κ2) is 5.57. The molecule has 1 saturated carbocycles. The van der Waals surface area contributed by atoms with Crippen LogP contribution in [0.1, 0.15) is 47.7 Å². The molecule has 0 amide bonds. The molecular formula is C18H18N4O. The minimum absolute atomic E-state index is 0.103. The Morgan fingerprint density at radius 3 is 2.57 bits per heavy atom. The van der Waals surface area contributed by atoms with Crippen LogP contribution in [0.15, 0.2) is 47.5 Å². The molecule has 1 fully saturated rings. The fourth-order valence-electron chi connectivity index (χ4n) is 3.21. The van der Waals surface area contributed by atoms with E-state index in [4.69, 9.17) is 9.51 Å². The monoisotopic (exact) mass is 306 g/mol. The summed E-state index contributed by atoms with van der Waals surface area (Å²) in [6, 6.07) is 6.11. The predicted octanol–water partition coefficient (Wildman–Crippen LogP) is 3.23. The maximum absolute atomic E-state index is 5.52. The van der Waals surface area contributed by atoms with E-state index in [2.05, 4.69) is 34.2 Å². The number of aryl methyl sites for hydroxylation is 1. The largest absolute Gasteiger partial charge is 0.339 e. The van der Waals surface area contributed by atoms with Gasteiger partial charge in [-0.1, -0.05) is 11.6 Å². The Kier molecular flexibility index (Phi) is 3.41. The molecule has 0 N–H and O–H groups in total. The summed E-state index contributed by atoms with van der Waals surface area (Å²) in [5, 5.41) is 4.29. The standard InChI is InChI=1S/C18H18N4O/c1-13-3-8-20-12-14(13)11-16-21-17(22-23-16)18(6-2-7-18)15-4-9-19-10-5-15/h3-5,8-10,12H,2,6-7,11H2,1H3. The molecule has 0 spiro atoms. The molecule has 116 valence electrons. The minimum atomic E-state index is -0.103. The second-order valence-corrected chi connectivity index (χ2v) is 6.16. The first kappa shape index (κ1) is 14.1. The van der Waals surface area contributed by atoms with Crippen molar-refractivity contribution in [3.63, 3.8) is 0 Å². The van der Waals surface area contributed by atoms with Gasteiger partial charge in [0.15, 0.2) is 5.82 Å². The fourth-order valence-corrected chi connectivity index (χ4v) is 3.21. The molecule has 5 nitrogen and oxygen atoms in total. The van der Waals surface area contributed by atoms with Gasteiger partial charge in [-0.05, 0) is 54.7 Å². The molecule has 0 aromatic carbocycles. The molecule has 3 aromatic rings. The third-order valence-corrected chi connectivity index (χ3v) is 4.83. The molecule has 1 aliphatic rings. The van der Waals surface area contributed by atoms with Crippen molar-refractivity contribution in [1.29, 1.82) is 0 Å². The van der Waals surface area contributed by atoms with Crippen molar-refractivity contribution >= 4 is 0 Å². The second-order valence-electron chi connectivity index (χ2n) is 6.16. The maximum atomic E-state index is 5.52. The number of aromatic nitrogens is 4. The molecule has 5 heteroatoms. The summed E-state index contributed by atoms with van der Waals surface area (Å²) < 4.78 is 5.52. The average Bonchev–Trinajstić information content (AvgIpc) is 2.98. The van der Waals surface area contributed by atoms with Gasteiger partial charge in [-0.15, -0.1) is 0 Å². The Morgan fingerprint density at radius 1 is 1.09 bits per heavy atom. The van der Waals surface area contributed by atoms with Crippen LogP contribution in [-0.4, -0.2) is 20.1 Å². The van der Waals surface area contributed by atoms with Gasteiger partial charge in [0.1, 0.15) is 0 Å². The number of pyridine rings is 2. The fraction of sp³-hybridized carbons (Fsp3) is 0.333. The van der Waals surface area contributed by atoms with Crippen LogP contribution in [0.3, 0.4) is 0 Å². The molecule has 0 atom stereocenters. The Hall–Kier alpha value is -2.56. The van der Waals surface area contributed by atoms with E-state index in [1.165, 1.54) is 17.5 Å². The summed E-state index contributed by atoms with van der Waals surface area (Å²) in [5.74, 6) is 1.45. The first-order valence-corrected chi connectivity index (χ1v) is 7.91. The summed E-state index contributed by atoms with van der Waals surface area (Å²) in [6.45, 7) is 2.07. The van der Waals surface area contributed by atoms with Crippen LogP contribution in [0.25, 0.3) is 0 Å². The van der Waals surface area contributed by atoms with Crippen molar-refractivity contribution in [2.75, 3.05) is 0 Å². The number of nitrogens with zero attached hydrogens (tertiary/aromatic N) is 4. The van der Waals surface area contributed by atoms with E-state index in [1.807, 2.05) is 24.7 Å². The third-order valence-electron chi connectivity index (χ3n) is 4.83. The van der Waals surface area contributed by atoms with Crippen molar-refractivity contribution < 1.29 is 4.52 Å². The summed E-state index contributed by atoms with van der Waals surface area (Å²) >= 11 is 0. The lowest BCUT2D eigenvalue weighted by Gasteiger charge is -2.39. The first-order valence-electron chi connectivity index (χ1n) is 7.91. The van der Waals surface area contributed by atoms with Crippen LogP contribution in [-0.2, 0) is 11.8 Å². The number of rotatable bonds is 4. The smallest absolute Gasteiger partial charge is 0.231 e. The van der Waals surface area contributed by atoms with Gasteiger partial charge in [0.25, 0.3) is 0 Å². The Morgan fingerprint density at radius 2 is 1.87 bits per heavy atom. The van der Waals surface area contributed by atoms with Gasteiger partial charge in [0.2, 0.25) is 5.89 Å². The molecule has 23 heavy (non-hydrogen) atoms. The van der Waals surface area contributed by atoms with Gasteiger partial charge in [-0.25, -0.2) is 0 Å². The summed E-state index contributed by atoms with van der Waals surface area (Å²) in [4.78, 5) is 13.0. The molecule has 0 unspecified atom stereocenters. The molecule has 0 bridgehead atoms. The lowest BCUT2D eigenvalue weighted by Crippen LogP contribution is -2.36. The SMILES string of the molecule is Cc1ccncc1Cc1nc(C2(c3ccncc3)CCC2)no1. The van der Waals surface area contributed by atoms with Crippen LogP contribution in [0, 0.1) is 6.92 Å². The molecule has 0 saturated heterocycles. The molecule has 0 radical (unpaired) electrons. The van der Waals surface area contributed by atoms with Crippen LogP contribution < -0.4 is 0 Å². The molecule has 0 aliphatic heterocycles. The van der Waals surface area contributed by atoms with Crippen molar-refractivity contribution in [3.05, 3.63) is 71.4 Å². The van der Waals surface area contributed by atoms with Crippen LogP contribution in [0.4, 0.5) is 0 Å². The van der Waals surface area contributed by atoms with Crippen LogP contribution >= 0.6 is 0 Å². The quantitative estimate of drug-likeness (QED) is 0.740. The van der Waals surface area contributed by atoms with Crippen molar-refractivity contribution in [1.82, 2.24) is 20.1 Å². The van der Waals surface area contributed by atoms with Crippen LogP contribution in [0.2, 0.25) is 0 Å². The Balaban J connectivity index is 1.64. The van der Waals surface area contributed by atoms with Gasteiger partial charge in [-0.3, -0.25) is 9.97 Å². The molecule has 4 rings (SSSR count). The lowest BCUT2D eigenvalue weighted by atomic mass is 9.64. The zero-order valence-corrected chi connectivity index (χ0v) is 13.1. The zero-order chi connectivity index (χ0) is 15.7. The third kappa shape index (κ3) is 2.42. The highest BCUT2D eigenvalue weighted by Crippen LogP contribution is 2.47. The topological polar surface area (TPSA) is 64.7 Å². The van der Waals surface area contributed by atoms with Gasteiger partial charge in [-0.2, -0.15) is 4.98 Å². The van der Waals surface area contributed by atoms with Crippen LogP contribution in [0.5, 0.6) is 0 Å². The van der Waals surface area contributed by atoms with Gasteiger partial charge in [0, 0.05) is 24.8 Å². The van der Waals surface area contributed by atoms with E-state index in [-0.39, 0.29) is 5.41 Å². The van der Waals surface area contributed by atoms with Gasteiger partial charge >= 0.3 is 0 Å². The van der Waals surface area contributed by atoms with E-state index in [1.54, 1.807) is 6.20 Å². The van der Waals surface area contributed by atoms with Crippen molar-refractivity contribution in [2.24, 2.45) is 0 Å². The predicted molar refractivity (Wildman–Crippen MR) is 84.9 cm³/mol. The molecule has 1 aliphatic carbocycles. The summed E-state index contributed by atoms with van der Waals surface area (Å²) in [6.07, 6.45) is 11.2. The number of hydrogen-bond acceptors (Lipinski definition) is 5. The highest BCUT2D eigenvalue weighted by molar-refractivity contribution is 5.34. The van der Waals surface area contributed by atoms with Crippen molar-refractivity contribution in [3.8, 4) is 0 Å². The molecular weight excluding hydrogens is 288 g/mol. The highest BCUT2D eigenvalue weighted by atomic mass is 16.5. The van der Waals surface area contributed by atoms with E-state index in [0.29, 0.717) is 12.3 Å². The zero-order valence-electron chi connectivity index (χ0n) is 13.1. The van der Waals surface area contributed by atoms with Gasteiger partial charge in [0.05, 0.1) is 11.8 Å². The summed E-state index contributed by atoms with van der Waals surface area (Å²) in [5.41, 5.74) is 3.43. The average molecular weight is 306 g/mol. The van der Waals surface area contributed by atoms with E-state index in [0.717, 1.165) is 24.2 Å². The Labute approximate surface area is 134 Å². The normalized spacial score (nSPS) is 16.0. The van der Waals surface area contributed by atoms with Crippen molar-refractivity contribution in [2.45, 2.75) is 38.0 Å². The van der Waals surface area contributed by atoms with E-state index in [9.17, 15) is 0 Å². The lowest BCUT2D eigenvalue weighted by molar-refractivity contribution is 0.271. The molecule has 3 heterocycles. The summed E-state index contributed by atoms with van der Waals surface area (Å²) in [7, 11) is 0. The number of hydrogen-bond donors (Lipinski definition) is 0.